The number of hydrogen-bond donors (Lipinski definition) is 4. The fourth-order valence-electron chi connectivity index (χ4n) is 4.07. The molecular formula is C26H27Cl2N3O4. The van der Waals surface area contributed by atoms with Crippen LogP contribution >= 0.6 is 23.2 Å². The van der Waals surface area contributed by atoms with Gasteiger partial charge in [-0.3, -0.25) is 4.79 Å². The average Bonchev–Trinajstić information content (AvgIpc) is 2.81. The number of halogens is 2. The van der Waals surface area contributed by atoms with Gasteiger partial charge < -0.3 is 21.1 Å². The number of carbonyl (C=O) groups excluding carboxylic acids is 2. The van der Waals surface area contributed by atoms with E-state index in [0.717, 1.165) is 10.8 Å². The molecule has 0 fully saturated rings. The predicted molar refractivity (Wildman–Crippen MR) is 141 cm³/mol. The molecule has 0 aliphatic carbocycles. The molecule has 3 rings (SSSR count). The van der Waals surface area contributed by atoms with Gasteiger partial charge in [0.25, 0.3) is 5.91 Å². The number of hydrogen-bond acceptors (Lipinski definition) is 3. The lowest BCUT2D eigenvalue weighted by atomic mass is 9.88. The molecule has 0 atom stereocenters. The van der Waals surface area contributed by atoms with Crippen LogP contribution in [0.3, 0.4) is 0 Å². The van der Waals surface area contributed by atoms with Gasteiger partial charge in [0.1, 0.15) is 5.54 Å². The van der Waals surface area contributed by atoms with Gasteiger partial charge in [0.05, 0.1) is 27.0 Å². The standard InChI is InChI=1S/C26H27Cl2N3O4/c1-3-12-26(13-4-2,24(33)34)31-23(32)18-14-16-8-5-6-9-17(16)15-21(18)29-25(35)30-22-19(27)10-7-11-20(22)28/h5-11,14-15H,3-4,12-13H2,1-2H3,(H,31,32)(H,33,34)(H2,29,30,35). The van der Waals surface area contributed by atoms with Crippen molar-refractivity contribution < 1.29 is 19.5 Å². The highest BCUT2D eigenvalue weighted by Crippen LogP contribution is 2.31. The van der Waals surface area contributed by atoms with Crippen LogP contribution in [0.2, 0.25) is 10.0 Å². The number of benzene rings is 3. The maximum Gasteiger partial charge on any atom is 0.329 e. The molecule has 0 radical (unpaired) electrons. The molecule has 0 saturated carbocycles. The summed E-state index contributed by atoms with van der Waals surface area (Å²) in [6.07, 6.45) is 1.72. The first-order valence-corrected chi connectivity index (χ1v) is 12.1. The molecule has 0 saturated heterocycles. The normalized spacial score (nSPS) is 11.2. The van der Waals surface area contributed by atoms with E-state index in [1.165, 1.54) is 0 Å². The molecule has 184 valence electrons. The number of aliphatic carboxylic acids is 1. The van der Waals surface area contributed by atoms with Crippen molar-refractivity contribution in [3.8, 4) is 0 Å². The van der Waals surface area contributed by atoms with Crippen molar-refractivity contribution >= 4 is 63.3 Å². The quantitative estimate of drug-likeness (QED) is 0.247. The monoisotopic (exact) mass is 515 g/mol. The van der Waals surface area contributed by atoms with Gasteiger partial charge in [-0.1, -0.05) is 80.2 Å². The summed E-state index contributed by atoms with van der Waals surface area (Å²) in [5.74, 6) is -1.68. The van der Waals surface area contributed by atoms with Crippen molar-refractivity contribution in [2.75, 3.05) is 10.6 Å². The number of fused-ring (bicyclic) bond motifs is 1. The van der Waals surface area contributed by atoms with Crippen LogP contribution in [0.4, 0.5) is 16.2 Å². The zero-order valence-electron chi connectivity index (χ0n) is 19.5. The van der Waals surface area contributed by atoms with E-state index in [0.29, 0.717) is 12.8 Å². The maximum atomic E-state index is 13.4. The highest BCUT2D eigenvalue weighted by Gasteiger charge is 2.39. The Hall–Kier alpha value is -3.29. The Morgan fingerprint density at radius 3 is 1.97 bits per heavy atom. The van der Waals surface area contributed by atoms with Gasteiger partial charge in [-0.05, 0) is 47.9 Å². The first-order valence-electron chi connectivity index (χ1n) is 11.3. The third-order valence-electron chi connectivity index (χ3n) is 5.70. The number of carbonyl (C=O) groups is 3. The lowest BCUT2D eigenvalue weighted by Crippen LogP contribution is -2.54. The fourth-order valence-corrected chi connectivity index (χ4v) is 4.56. The number of nitrogens with one attached hydrogen (secondary N) is 3. The molecule has 4 N–H and O–H groups in total. The summed E-state index contributed by atoms with van der Waals surface area (Å²) < 4.78 is 0. The summed E-state index contributed by atoms with van der Waals surface area (Å²) in [6, 6.07) is 14.8. The molecule has 3 amide bonds. The molecule has 0 spiro atoms. The highest BCUT2D eigenvalue weighted by atomic mass is 35.5. The van der Waals surface area contributed by atoms with Crippen LogP contribution in [-0.2, 0) is 4.79 Å². The summed E-state index contributed by atoms with van der Waals surface area (Å²) in [5, 5.41) is 20.1. The van der Waals surface area contributed by atoms with Crippen LogP contribution < -0.4 is 16.0 Å². The van der Waals surface area contributed by atoms with Crippen molar-refractivity contribution in [3.63, 3.8) is 0 Å². The largest absolute Gasteiger partial charge is 0.480 e. The number of rotatable bonds is 9. The SMILES string of the molecule is CCCC(CCC)(NC(=O)c1cc2ccccc2cc1NC(=O)Nc1c(Cl)cccc1Cl)C(=O)O. The Kier molecular flexibility index (Phi) is 8.59. The predicted octanol–water partition coefficient (Wildman–Crippen LogP) is 6.94. The summed E-state index contributed by atoms with van der Waals surface area (Å²) >= 11 is 12.3. The van der Waals surface area contributed by atoms with Crippen molar-refractivity contribution in [1.82, 2.24) is 5.32 Å². The number of carboxylic acid groups (broad SMARTS) is 1. The molecule has 9 heteroatoms. The molecule has 0 bridgehead atoms. The molecule has 3 aromatic rings. The van der Waals surface area contributed by atoms with Gasteiger partial charge in [0.15, 0.2) is 0 Å². The van der Waals surface area contributed by atoms with E-state index in [4.69, 9.17) is 23.2 Å². The van der Waals surface area contributed by atoms with Gasteiger partial charge in [-0.2, -0.15) is 0 Å². The molecule has 0 heterocycles. The zero-order chi connectivity index (χ0) is 25.6. The van der Waals surface area contributed by atoms with Crippen molar-refractivity contribution in [1.29, 1.82) is 0 Å². The minimum absolute atomic E-state index is 0.141. The Labute approximate surface area is 213 Å². The lowest BCUT2D eigenvalue weighted by molar-refractivity contribution is -0.145. The van der Waals surface area contributed by atoms with E-state index in [2.05, 4.69) is 16.0 Å². The molecule has 0 aliphatic rings. The number of para-hydroxylation sites is 1. The molecule has 0 aromatic heterocycles. The van der Waals surface area contributed by atoms with E-state index in [-0.39, 0.29) is 39.8 Å². The Balaban J connectivity index is 1.99. The summed E-state index contributed by atoms with van der Waals surface area (Å²) in [6.45, 7) is 3.74. The Bertz CT molecular complexity index is 1240. The number of amides is 3. The topological polar surface area (TPSA) is 108 Å². The second kappa shape index (κ2) is 11.4. The van der Waals surface area contributed by atoms with E-state index in [9.17, 15) is 19.5 Å². The van der Waals surface area contributed by atoms with Gasteiger partial charge in [-0.25, -0.2) is 9.59 Å². The number of carboxylic acids is 1. The van der Waals surface area contributed by atoms with Crippen molar-refractivity contribution in [3.05, 3.63) is 70.2 Å². The highest BCUT2D eigenvalue weighted by molar-refractivity contribution is 6.39. The van der Waals surface area contributed by atoms with Gasteiger partial charge in [0, 0.05) is 0 Å². The smallest absolute Gasteiger partial charge is 0.329 e. The first-order chi connectivity index (χ1) is 16.7. The molecular weight excluding hydrogens is 489 g/mol. The van der Waals surface area contributed by atoms with Crippen LogP contribution in [0.15, 0.2) is 54.6 Å². The second-order valence-corrected chi connectivity index (χ2v) is 9.08. The Morgan fingerprint density at radius 2 is 1.43 bits per heavy atom. The molecule has 0 unspecified atom stereocenters. The third kappa shape index (κ3) is 6.05. The molecule has 35 heavy (non-hydrogen) atoms. The fraction of sp³-hybridized carbons (Fsp3) is 0.269. The Morgan fingerprint density at radius 1 is 0.857 bits per heavy atom. The summed E-state index contributed by atoms with van der Waals surface area (Å²) in [5.41, 5.74) is -0.816. The number of anilines is 2. The second-order valence-electron chi connectivity index (χ2n) is 8.26. The van der Waals surface area contributed by atoms with Gasteiger partial charge >= 0.3 is 12.0 Å². The van der Waals surface area contributed by atoms with Crippen LogP contribution in [0.25, 0.3) is 10.8 Å². The summed E-state index contributed by atoms with van der Waals surface area (Å²) in [4.78, 5) is 38.5. The molecule has 7 nitrogen and oxygen atoms in total. The van der Waals surface area contributed by atoms with E-state index in [1.807, 2.05) is 38.1 Å². The van der Waals surface area contributed by atoms with Crippen LogP contribution in [0.5, 0.6) is 0 Å². The van der Waals surface area contributed by atoms with Crippen molar-refractivity contribution in [2.24, 2.45) is 0 Å². The maximum absolute atomic E-state index is 13.4. The molecule has 0 aliphatic heterocycles. The van der Waals surface area contributed by atoms with Gasteiger partial charge in [-0.15, -0.1) is 0 Å². The average molecular weight is 516 g/mol. The van der Waals surface area contributed by atoms with E-state index >= 15 is 0 Å². The van der Waals surface area contributed by atoms with E-state index in [1.54, 1.807) is 30.3 Å². The lowest BCUT2D eigenvalue weighted by Gasteiger charge is -2.30. The van der Waals surface area contributed by atoms with Crippen LogP contribution in [0, 0.1) is 0 Å². The van der Waals surface area contributed by atoms with Gasteiger partial charge in [0.2, 0.25) is 0 Å². The minimum atomic E-state index is -1.41. The first kappa shape index (κ1) is 26.3. The zero-order valence-corrected chi connectivity index (χ0v) is 21.0. The third-order valence-corrected chi connectivity index (χ3v) is 6.33. The number of urea groups is 1. The minimum Gasteiger partial charge on any atom is -0.480 e. The van der Waals surface area contributed by atoms with Crippen molar-refractivity contribution in [2.45, 2.75) is 45.1 Å². The summed E-state index contributed by atoms with van der Waals surface area (Å²) in [7, 11) is 0. The van der Waals surface area contributed by atoms with Crippen LogP contribution in [-0.4, -0.2) is 28.6 Å². The van der Waals surface area contributed by atoms with E-state index < -0.39 is 23.4 Å². The van der Waals surface area contributed by atoms with Crippen LogP contribution in [0.1, 0.15) is 49.9 Å². The molecule has 3 aromatic carbocycles.